The molecule has 0 radical (unpaired) electrons. The summed E-state index contributed by atoms with van der Waals surface area (Å²) in [7, 11) is 1.78. The summed E-state index contributed by atoms with van der Waals surface area (Å²) in [4.78, 5) is 36.1. The zero-order valence-corrected chi connectivity index (χ0v) is 20.6. The maximum atomic E-state index is 14.1. The van der Waals surface area contributed by atoms with Crippen LogP contribution in [0, 0.1) is 16.0 Å². The standard InChI is InChI=1S/C21H24BrF3N2O8/c1-11-15(18(28)33-2)16(17(19(29)34-3)20(30,26-11)21(23,24)25)13-10-12(27(31)32)6-7-14(13)35-9-5-4-8-22/h6-7,10,16-17,26,30H,4-5,8-9H2,1-3H3. The molecular formula is C21H24BrF3N2O8. The van der Waals surface area contributed by atoms with Crippen molar-refractivity contribution in [1.29, 1.82) is 0 Å². The van der Waals surface area contributed by atoms with E-state index in [1.165, 1.54) is 0 Å². The molecule has 1 aliphatic heterocycles. The van der Waals surface area contributed by atoms with Gasteiger partial charge in [0.05, 0.1) is 31.3 Å². The van der Waals surface area contributed by atoms with Gasteiger partial charge < -0.3 is 24.6 Å². The number of unbranched alkanes of at least 4 members (excludes halogenated alkanes) is 1. The van der Waals surface area contributed by atoms with Gasteiger partial charge >= 0.3 is 18.1 Å². The second kappa shape index (κ2) is 11.2. The Balaban J connectivity index is 2.89. The van der Waals surface area contributed by atoms with E-state index >= 15 is 0 Å². The van der Waals surface area contributed by atoms with E-state index in [1.807, 2.05) is 5.32 Å². The first-order valence-electron chi connectivity index (χ1n) is 10.2. The molecule has 14 heteroatoms. The lowest BCUT2D eigenvalue weighted by Gasteiger charge is -2.45. The van der Waals surface area contributed by atoms with E-state index in [0.29, 0.717) is 18.2 Å². The Morgan fingerprint density at radius 3 is 2.43 bits per heavy atom. The number of methoxy groups -OCH3 is 2. The van der Waals surface area contributed by atoms with Crippen molar-refractivity contribution in [2.75, 3.05) is 26.2 Å². The lowest BCUT2D eigenvalue weighted by atomic mass is 9.71. The highest BCUT2D eigenvalue weighted by atomic mass is 79.9. The van der Waals surface area contributed by atoms with Crippen LogP contribution in [0.3, 0.4) is 0 Å². The van der Waals surface area contributed by atoms with E-state index in [1.54, 1.807) is 0 Å². The first-order valence-corrected chi connectivity index (χ1v) is 11.4. The number of halogens is 4. The molecule has 0 fully saturated rings. The zero-order chi connectivity index (χ0) is 26.6. The van der Waals surface area contributed by atoms with Crippen LogP contribution in [-0.4, -0.2) is 60.0 Å². The molecular weight excluding hydrogens is 545 g/mol. The fourth-order valence-corrected chi connectivity index (χ4v) is 4.28. The number of hydrogen-bond acceptors (Lipinski definition) is 9. The van der Waals surface area contributed by atoms with E-state index in [0.717, 1.165) is 39.3 Å². The molecule has 1 aromatic rings. The molecule has 2 N–H and O–H groups in total. The Morgan fingerprint density at radius 2 is 1.91 bits per heavy atom. The number of esters is 2. The number of carbonyl (C=O) groups excluding carboxylic acids is 2. The summed E-state index contributed by atoms with van der Waals surface area (Å²) in [5.74, 6) is -7.11. The van der Waals surface area contributed by atoms with Crippen LogP contribution >= 0.6 is 15.9 Å². The third-order valence-electron chi connectivity index (χ3n) is 5.49. The van der Waals surface area contributed by atoms with Crippen LogP contribution < -0.4 is 10.1 Å². The molecule has 0 amide bonds. The number of nitrogens with one attached hydrogen (secondary N) is 1. The smallest absolute Gasteiger partial charge is 0.437 e. The molecule has 1 aromatic carbocycles. The van der Waals surface area contributed by atoms with Gasteiger partial charge in [0.1, 0.15) is 11.7 Å². The second-order valence-corrected chi connectivity index (χ2v) is 8.41. The number of nitrogens with zero attached hydrogens (tertiary/aromatic N) is 1. The summed E-state index contributed by atoms with van der Waals surface area (Å²) in [5, 5.41) is 24.7. The molecule has 0 aromatic heterocycles. The van der Waals surface area contributed by atoms with Gasteiger partial charge in [-0.25, -0.2) is 4.79 Å². The van der Waals surface area contributed by atoms with Crippen molar-refractivity contribution in [3.05, 3.63) is 45.1 Å². The average molecular weight is 569 g/mol. The summed E-state index contributed by atoms with van der Waals surface area (Å²) in [6, 6.07) is 3.13. The summed E-state index contributed by atoms with van der Waals surface area (Å²) in [5.41, 5.74) is -5.62. The average Bonchev–Trinajstić information content (AvgIpc) is 2.79. The minimum Gasteiger partial charge on any atom is -0.493 e. The van der Waals surface area contributed by atoms with Gasteiger partial charge in [-0.3, -0.25) is 14.9 Å². The Bertz CT molecular complexity index is 1020. The SMILES string of the molecule is COC(=O)C1=C(C)NC(O)(C(F)(F)F)C(C(=O)OC)C1c1cc([N+](=O)[O-])ccc1OCCCCBr. The number of carbonyl (C=O) groups is 2. The van der Waals surface area contributed by atoms with Crippen LogP contribution in [0.15, 0.2) is 29.5 Å². The Morgan fingerprint density at radius 1 is 1.26 bits per heavy atom. The van der Waals surface area contributed by atoms with E-state index < -0.39 is 57.6 Å². The van der Waals surface area contributed by atoms with Gasteiger partial charge in [-0.2, -0.15) is 13.2 Å². The predicted molar refractivity (Wildman–Crippen MR) is 119 cm³/mol. The molecule has 10 nitrogen and oxygen atoms in total. The summed E-state index contributed by atoms with van der Waals surface area (Å²) in [6.07, 6.45) is -4.20. The minimum atomic E-state index is -5.43. The van der Waals surface area contributed by atoms with Crippen LogP contribution in [-0.2, 0) is 19.1 Å². The number of ether oxygens (including phenoxy) is 3. The number of rotatable bonds is 9. The molecule has 3 unspecified atom stereocenters. The van der Waals surface area contributed by atoms with Crippen molar-refractivity contribution < 1.29 is 47.0 Å². The van der Waals surface area contributed by atoms with Crippen LogP contribution in [0.4, 0.5) is 18.9 Å². The molecule has 0 aliphatic carbocycles. The highest BCUT2D eigenvalue weighted by Crippen LogP contribution is 2.51. The minimum absolute atomic E-state index is 0.0874. The highest BCUT2D eigenvalue weighted by Gasteiger charge is 2.67. The molecule has 3 atom stereocenters. The fraction of sp³-hybridized carbons (Fsp3) is 0.524. The molecule has 0 bridgehead atoms. The number of non-ortho nitro benzene ring substituents is 1. The van der Waals surface area contributed by atoms with E-state index in [4.69, 9.17) is 9.47 Å². The summed E-state index contributed by atoms with van der Waals surface area (Å²) >= 11 is 3.26. The predicted octanol–water partition coefficient (Wildman–Crippen LogP) is 3.32. The maximum absolute atomic E-state index is 14.1. The maximum Gasteiger partial charge on any atom is 0.437 e. The van der Waals surface area contributed by atoms with Crippen molar-refractivity contribution in [2.45, 2.75) is 37.6 Å². The van der Waals surface area contributed by atoms with Crippen molar-refractivity contribution in [2.24, 2.45) is 5.92 Å². The van der Waals surface area contributed by atoms with E-state index in [9.17, 15) is 38.0 Å². The molecule has 0 spiro atoms. The van der Waals surface area contributed by atoms with Crippen LogP contribution in [0.25, 0.3) is 0 Å². The highest BCUT2D eigenvalue weighted by molar-refractivity contribution is 9.09. The van der Waals surface area contributed by atoms with Crippen LogP contribution in [0.1, 0.15) is 31.2 Å². The topological polar surface area (TPSA) is 137 Å². The number of aliphatic hydroxyl groups is 1. The van der Waals surface area contributed by atoms with E-state index in [2.05, 4.69) is 20.7 Å². The molecule has 194 valence electrons. The van der Waals surface area contributed by atoms with Crippen molar-refractivity contribution in [3.63, 3.8) is 0 Å². The number of hydrogen-bond donors (Lipinski definition) is 2. The molecule has 0 saturated heterocycles. The van der Waals surface area contributed by atoms with Gasteiger partial charge in [0.15, 0.2) is 0 Å². The van der Waals surface area contributed by atoms with Gasteiger partial charge in [0.2, 0.25) is 5.72 Å². The molecule has 1 heterocycles. The van der Waals surface area contributed by atoms with Gasteiger partial charge in [-0.1, -0.05) is 15.9 Å². The van der Waals surface area contributed by atoms with Gasteiger partial charge in [-0.05, 0) is 25.8 Å². The Kier molecular flexibility index (Phi) is 9.11. The third-order valence-corrected chi connectivity index (χ3v) is 6.05. The number of alkyl halides is 4. The lowest BCUT2D eigenvalue weighted by Crippen LogP contribution is -2.67. The second-order valence-electron chi connectivity index (χ2n) is 7.62. The van der Waals surface area contributed by atoms with Crippen molar-refractivity contribution in [3.8, 4) is 5.75 Å². The summed E-state index contributed by atoms with van der Waals surface area (Å²) < 4.78 is 57.4. The first-order chi connectivity index (χ1) is 16.3. The quantitative estimate of drug-likeness (QED) is 0.151. The number of nitro groups is 1. The summed E-state index contributed by atoms with van der Waals surface area (Å²) in [6.45, 7) is 1.17. The third kappa shape index (κ3) is 5.69. The lowest BCUT2D eigenvalue weighted by molar-refractivity contribution is -0.385. The van der Waals surface area contributed by atoms with Crippen molar-refractivity contribution in [1.82, 2.24) is 5.32 Å². The van der Waals surface area contributed by atoms with Gasteiger partial charge in [0.25, 0.3) is 5.69 Å². The monoisotopic (exact) mass is 568 g/mol. The molecule has 2 rings (SSSR count). The normalized spacial score (nSPS) is 22.3. The molecule has 0 saturated carbocycles. The molecule has 35 heavy (non-hydrogen) atoms. The zero-order valence-electron chi connectivity index (χ0n) is 19.0. The van der Waals surface area contributed by atoms with Gasteiger partial charge in [-0.15, -0.1) is 0 Å². The van der Waals surface area contributed by atoms with Crippen LogP contribution in [0.5, 0.6) is 5.75 Å². The number of benzene rings is 1. The van der Waals surface area contributed by atoms with Crippen molar-refractivity contribution >= 4 is 33.6 Å². The Hall–Kier alpha value is -2.87. The van der Waals surface area contributed by atoms with Gasteiger partial charge in [0, 0.05) is 34.6 Å². The fourth-order valence-electron chi connectivity index (χ4n) is 3.88. The largest absolute Gasteiger partial charge is 0.493 e. The van der Waals surface area contributed by atoms with E-state index in [-0.39, 0.29) is 17.9 Å². The first kappa shape index (κ1) is 28.4. The number of allylic oxidation sites excluding steroid dienone is 1. The number of nitro benzene ring substituents is 1. The van der Waals surface area contributed by atoms with Crippen LogP contribution in [0.2, 0.25) is 0 Å². The molecule has 1 aliphatic rings. The Labute approximate surface area is 206 Å².